The van der Waals surface area contributed by atoms with E-state index in [0.29, 0.717) is 0 Å². The molecule has 0 aliphatic rings. The van der Waals surface area contributed by atoms with Crippen LogP contribution in [0.5, 0.6) is 0 Å². The normalized spacial score (nSPS) is 10.2. The number of nitrogens with one attached hydrogen (secondary N) is 1. The van der Waals surface area contributed by atoms with Gasteiger partial charge in [-0.3, -0.25) is 0 Å². The van der Waals surface area contributed by atoms with Crippen LogP contribution in [0.3, 0.4) is 0 Å². The Balaban J connectivity index is 0.00000196. The molecular formula is C12H22N2. The minimum Gasteiger partial charge on any atom is -0.378 e. The Kier molecular flexibility index (Phi) is 4.47. The largest absolute Gasteiger partial charge is 0.378 e. The maximum absolute atomic E-state index is 3.39. The first-order valence-electron chi connectivity index (χ1n) is 5.21. The first-order chi connectivity index (χ1) is 6.74. The molecule has 0 fully saturated rings. The van der Waals surface area contributed by atoms with Crippen molar-refractivity contribution in [2.75, 3.05) is 25.5 Å². The predicted molar refractivity (Wildman–Crippen MR) is 64.9 cm³/mol. The highest BCUT2D eigenvalue weighted by atomic mass is 15.1. The van der Waals surface area contributed by atoms with E-state index in [2.05, 4.69) is 55.5 Å². The first kappa shape index (κ1) is 11.1. The van der Waals surface area contributed by atoms with E-state index in [9.17, 15) is 0 Å². The number of hydrogen-bond donors (Lipinski definition) is 1. The van der Waals surface area contributed by atoms with Gasteiger partial charge in [-0.15, -0.1) is 0 Å². The van der Waals surface area contributed by atoms with Crippen LogP contribution in [0.4, 0.5) is 5.69 Å². The minimum absolute atomic E-state index is 0. The molecule has 0 saturated heterocycles. The zero-order valence-corrected chi connectivity index (χ0v) is 9.38. The van der Waals surface area contributed by atoms with E-state index < -0.39 is 0 Å². The van der Waals surface area contributed by atoms with Gasteiger partial charge in [-0.1, -0.05) is 19.1 Å². The van der Waals surface area contributed by atoms with Crippen molar-refractivity contribution in [3.8, 4) is 0 Å². The van der Waals surface area contributed by atoms with Crippen LogP contribution in [0.2, 0.25) is 0 Å². The van der Waals surface area contributed by atoms with Gasteiger partial charge in [0.15, 0.2) is 0 Å². The van der Waals surface area contributed by atoms with Crippen LogP contribution in [0.15, 0.2) is 24.3 Å². The summed E-state index contributed by atoms with van der Waals surface area (Å²) < 4.78 is 0. The summed E-state index contributed by atoms with van der Waals surface area (Å²) in [6.07, 6.45) is 1.19. The second-order valence-corrected chi connectivity index (χ2v) is 3.74. The molecule has 2 nitrogen and oxygen atoms in total. The number of hydrogen-bond acceptors (Lipinski definition) is 2. The summed E-state index contributed by atoms with van der Waals surface area (Å²) in [6.45, 7) is 4.25. The molecule has 1 aromatic rings. The zero-order valence-electron chi connectivity index (χ0n) is 9.38. The van der Waals surface area contributed by atoms with E-state index in [4.69, 9.17) is 0 Å². The Bertz CT molecular complexity index is 257. The highest BCUT2D eigenvalue weighted by molar-refractivity contribution is 5.45. The summed E-state index contributed by atoms with van der Waals surface area (Å²) in [7, 11) is 4.12. The maximum Gasteiger partial charge on any atom is 0.0361 e. The van der Waals surface area contributed by atoms with Crippen molar-refractivity contribution in [3.63, 3.8) is 0 Å². The van der Waals surface area contributed by atoms with Gasteiger partial charge in [0.05, 0.1) is 0 Å². The second-order valence-electron chi connectivity index (χ2n) is 3.74. The van der Waals surface area contributed by atoms with Crippen LogP contribution in [0, 0.1) is 0 Å². The SMILES string of the molecule is CCCNCc1ccc(N(C)C)cc1.[HH]. The quantitative estimate of drug-likeness (QED) is 0.724. The lowest BCUT2D eigenvalue weighted by atomic mass is 10.2. The van der Waals surface area contributed by atoms with E-state index in [-0.39, 0.29) is 1.43 Å². The molecular weight excluding hydrogens is 172 g/mol. The van der Waals surface area contributed by atoms with E-state index in [0.717, 1.165) is 13.1 Å². The smallest absolute Gasteiger partial charge is 0.0361 e. The third-order valence-electron chi connectivity index (χ3n) is 2.21. The Morgan fingerprint density at radius 1 is 1.21 bits per heavy atom. The fourth-order valence-electron chi connectivity index (χ4n) is 1.32. The molecule has 0 aliphatic carbocycles. The fraction of sp³-hybridized carbons (Fsp3) is 0.500. The Morgan fingerprint density at radius 3 is 2.36 bits per heavy atom. The molecule has 0 radical (unpaired) electrons. The van der Waals surface area contributed by atoms with E-state index in [1.807, 2.05) is 0 Å². The summed E-state index contributed by atoms with van der Waals surface area (Å²) in [4.78, 5) is 2.11. The third-order valence-corrected chi connectivity index (χ3v) is 2.21. The van der Waals surface area contributed by atoms with E-state index >= 15 is 0 Å². The molecule has 0 aliphatic heterocycles. The van der Waals surface area contributed by atoms with Crippen LogP contribution < -0.4 is 10.2 Å². The Labute approximate surface area is 88.4 Å². The number of anilines is 1. The van der Waals surface area contributed by atoms with Gasteiger partial charge in [0.2, 0.25) is 0 Å². The molecule has 1 N–H and O–H groups in total. The van der Waals surface area contributed by atoms with Gasteiger partial charge in [-0.2, -0.15) is 0 Å². The van der Waals surface area contributed by atoms with Gasteiger partial charge in [-0.25, -0.2) is 0 Å². The second kappa shape index (κ2) is 5.66. The van der Waals surface area contributed by atoms with E-state index in [1.165, 1.54) is 17.7 Å². The van der Waals surface area contributed by atoms with Crippen LogP contribution in [-0.2, 0) is 6.54 Å². The lowest BCUT2D eigenvalue weighted by Gasteiger charge is -2.12. The Hall–Kier alpha value is -1.02. The summed E-state index contributed by atoms with van der Waals surface area (Å²) >= 11 is 0. The van der Waals surface area contributed by atoms with Crippen LogP contribution in [0.25, 0.3) is 0 Å². The molecule has 0 amide bonds. The third kappa shape index (κ3) is 3.38. The van der Waals surface area contributed by atoms with Crippen LogP contribution >= 0.6 is 0 Å². The van der Waals surface area contributed by atoms with Gasteiger partial charge in [0.1, 0.15) is 0 Å². The maximum atomic E-state index is 3.39. The average molecular weight is 194 g/mol. The van der Waals surface area contributed by atoms with Crippen LogP contribution in [0.1, 0.15) is 20.3 Å². The lowest BCUT2D eigenvalue weighted by molar-refractivity contribution is 0.675. The van der Waals surface area contributed by atoms with Crippen molar-refractivity contribution in [1.29, 1.82) is 0 Å². The molecule has 0 unspecified atom stereocenters. The van der Waals surface area contributed by atoms with Crippen molar-refractivity contribution >= 4 is 5.69 Å². The molecule has 80 valence electrons. The summed E-state index contributed by atoms with van der Waals surface area (Å²) in [5.41, 5.74) is 2.60. The molecule has 0 aromatic heterocycles. The minimum atomic E-state index is 0. The lowest BCUT2D eigenvalue weighted by Crippen LogP contribution is -2.14. The molecule has 0 spiro atoms. The van der Waals surface area contributed by atoms with Crippen molar-refractivity contribution in [3.05, 3.63) is 29.8 Å². The van der Waals surface area contributed by atoms with Gasteiger partial charge in [0, 0.05) is 27.8 Å². The van der Waals surface area contributed by atoms with Gasteiger partial charge in [0.25, 0.3) is 0 Å². The average Bonchev–Trinajstić information content (AvgIpc) is 2.19. The molecule has 1 aromatic carbocycles. The summed E-state index contributed by atoms with van der Waals surface area (Å²) in [6, 6.07) is 8.67. The fourth-order valence-corrected chi connectivity index (χ4v) is 1.32. The summed E-state index contributed by atoms with van der Waals surface area (Å²) in [5.74, 6) is 0. The van der Waals surface area contributed by atoms with Crippen molar-refractivity contribution in [2.45, 2.75) is 19.9 Å². The zero-order chi connectivity index (χ0) is 10.4. The standard InChI is InChI=1S/C12H20N2.H2/c1-4-9-13-10-11-5-7-12(8-6-11)14(2)3;/h5-8,13H,4,9-10H2,1-3H3;1H. The van der Waals surface area contributed by atoms with Crippen molar-refractivity contribution in [2.24, 2.45) is 0 Å². The molecule has 0 atom stereocenters. The van der Waals surface area contributed by atoms with E-state index in [1.54, 1.807) is 0 Å². The number of rotatable bonds is 5. The summed E-state index contributed by atoms with van der Waals surface area (Å²) in [5, 5.41) is 3.39. The number of nitrogens with zero attached hydrogens (tertiary/aromatic N) is 1. The van der Waals surface area contributed by atoms with Crippen molar-refractivity contribution < 1.29 is 1.43 Å². The first-order valence-corrected chi connectivity index (χ1v) is 5.21. The molecule has 0 heterocycles. The molecule has 0 saturated carbocycles. The molecule has 14 heavy (non-hydrogen) atoms. The predicted octanol–water partition coefficient (Wildman–Crippen LogP) is 2.50. The van der Waals surface area contributed by atoms with Gasteiger partial charge >= 0.3 is 0 Å². The molecule has 1 rings (SSSR count). The number of benzene rings is 1. The van der Waals surface area contributed by atoms with Crippen LogP contribution in [-0.4, -0.2) is 20.6 Å². The monoisotopic (exact) mass is 194 g/mol. The topological polar surface area (TPSA) is 15.3 Å². The highest BCUT2D eigenvalue weighted by Gasteiger charge is 1.95. The highest BCUT2D eigenvalue weighted by Crippen LogP contribution is 2.11. The molecule has 2 heteroatoms. The van der Waals surface area contributed by atoms with Gasteiger partial charge in [-0.05, 0) is 30.7 Å². The Morgan fingerprint density at radius 2 is 1.86 bits per heavy atom. The van der Waals surface area contributed by atoms with Gasteiger partial charge < -0.3 is 10.2 Å². The van der Waals surface area contributed by atoms with Crippen molar-refractivity contribution in [1.82, 2.24) is 5.32 Å². The molecule has 0 bridgehead atoms.